The van der Waals surface area contributed by atoms with E-state index in [-0.39, 0.29) is 11.7 Å². The van der Waals surface area contributed by atoms with Crippen molar-refractivity contribution in [3.8, 4) is 0 Å². The Balaban J connectivity index is 1.77. The number of carbonyl (C=O) groups excluding carboxylic acids is 1. The molecule has 21 heavy (non-hydrogen) atoms. The third kappa shape index (κ3) is 5.68. The normalized spacial score (nSPS) is 20.0. The van der Waals surface area contributed by atoms with Crippen LogP contribution in [0.3, 0.4) is 0 Å². The molecule has 1 aliphatic rings. The number of nitrogens with zero attached hydrogens (tertiary/aromatic N) is 1. The van der Waals surface area contributed by atoms with Gasteiger partial charge in [0.05, 0.1) is 0 Å². The Bertz CT molecular complexity index is 484. The minimum absolute atomic E-state index is 0.205. The maximum absolute atomic E-state index is 12.8. The summed E-state index contributed by atoms with van der Waals surface area (Å²) in [6, 6.07) is 6.50. The Morgan fingerprint density at radius 1 is 1.38 bits per heavy atom. The van der Waals surface area contributed by atoms with Crippen LogP contribution in [0.15, 0.2) is 30.3 Å². The van der Waals surface area contributed by atoms with Crippen molar-refractivity contribution in [3.63, 3.8) is 0 Å². The summed E-state index contributed by atoms with van der Waals surface area (Å²) >= 11 is 0. The molecule has 0 aliphatic carbocycles. The van der Waals surface area contributed by atoms with Gasteiger partial charge in [-0.25, -0.2) is 4.39 Å². The number of hydrogen-bond donors (Lipinski definition) is 1. The summed E-state index contributed by atoms with van der Waals surface area (Å²) < 4.78 is 12.8. The molecule has 4 heteroatoms. The molecule has 2 rings (SSSR count). The molecule has 1 aliphatic heterocycles. The van der Waals surface area contributed by atoms with Gasteiger partial charge in [0.2, 0.25) is 5.91 Å². The van der Waals surface area contributed by atoms with Crippen LogP contribution in [-0.4, -0.2) is 30.4 Å². The zero-order chi connectivity index (χ0) is 15.1. The Hall–Kier alpha value is -1.68. The van der Waals surface area contributed by atoms with E-state index in [1.54, 1.807) is 12.1 Å². The summed E-state index contributed by atoms with van der Waals surface area (Å²) in [5.41, 5.74) is 6.22. The monoisotopic (exact) mass is 290 g/mol. The number of primary amides is 1. The minimum atomic E-state index is -0.208. The zero-order valence-electron chi connectivity index (χ0n) is 12.3. The van der Waals surface area contributed by atoms with Gasteiger partial charge >= 0.3 is 0 Å². The number of piperidine rings is 1. The molecule has 1 aromatic carbocycles. The van der Waals surface area contributed by atoms with Crippen LogP contribution < -0.4 is 5.73 Å². The van der Waals surface area contributed by atoms with E-state index in [4.69, 9.17) is 5.73 Å². The summed E-state index contributed by atoms with van der Waals surface area (Å²) in [4.78, 5) is 13.2. The number of carbonyl (C=O) groups is 1. The molecule has 0 bridgehead atoms. The second-order valence-corrected chi connectivity index (χ2v) is 5.73. The SMILES string of the molecule is NC(=O)CC[C@@H]1CCCN(C/C=C/c2ccc(F)cc2)C1. The number of benzene rings is 1. The molecule has 3 nitrogen and oxygen atoms in total. The van der Waals surface area contributed by atoms with Gasteiger partial charge in [0.15, 0.2) is 0 Å². The number of nitrogens with two attached hydrogens (primary N) is 1. The summed E-state index contributed by atoms with van der Waals surface area (Å²) in [6.07, 6.45) is 7.88. The van der Waals surface area contributed by atoms with Gasteiger partial charge in [-0.2, -0.15) is 0 Å². The summed E-state index contributed by atoms with van der Waals surface area (Å²) in [6.45, 7) is 3.02. The molecule has 1 saturated heterocycles. The second-order valence-electron chi connectivity index (χ2n) is 5.73. The summed E-state index contributed by atoms with van der Waals surface area (Å²) in [5, 5.41) is 0. The van der Waals surface area contributed by atoms with Gasteiger partial charge in [0, 0.05) is 19.5 Å². The highest BCUT2D eigenvalue weighted by molar-refractivity contribution is 5.73. The number of rotatable bonds is 6. The lowest BCUT2D eigenvalue weighted by molar-refractivity contribution is -0.118. The first kappa shape index (κ1) is 15.7. The van der Waals surface area contributed by atoms with Gasteiger partial charge in [-0.05, 0) is 49.4 Å². The molecular formula is C17H23FN2O. The number of amides is 1. The van der Waals surface area contributed by atoms with E-state index in [1.165, 1.54) is 25.0 Å². The van der Waals surface area contributed by atoms with E-state index in [0.717, 1.165) is 31.6 Å². The highest BCUT2D eigenvalue weighted by atomic mass is 19.1. The molecule has 0 unspecified atom stereocenters. The van der Waals surface area contributed by atoms with E-state index in [9.17, 15) is 9.18 Å². The first-order valence-corrected chi connectivity index (χ1v) is 7.56. The fourth-order valence-corrected chi connectivity index (χ4v) is 2.81. The van der Waals surface area contributed by atoms with Gasteiger partial charge in [0.25, 0.3) is 0 Å². The van der Waals surface area contributed by atoms with Crippen LogP contribution in [0.25, 0.3) is 6.08 Å². The lowest BCUT2D eigenvalue weighted by atomic mass is 9.93. The minimum Gasteiger partial charge on any atom is -0.370 e. The molecule has 2 N–H and O–H groups in total. The first-order valence-electron chi connectivity index (χ1n) is 7.56. The predicted octanol–water partition coefficient (Wildman–Crippen LogP) is 2.82. The molecule has 0 radical (unpaired) electrons. The smallest absolute Gasteiger partial charge is 0.217 e. The fraction of sp³-hybridized carbons (Fsp3) is 0.471. The molecule has 1 atom stereocenters. The van der Waals surface area contributed by atoms with E-state index in [0.29, 0.717) is 12.3 Å². The topological polar surface area (TPSA) is 46.3 Å². The summed E-state index contributed by atoms with van der Waals surface area (Å²) in [5.74, 6) is 0.161. The molecule has 1 fully saturated rings. The van der Waals surface area contributed by atoms with Gasteiger partial charge in [-0.15, -0.1) is 0 Å². The Labute approximate surface area is 125 Å². The van der Waals surface area contributed by atoms with Crippen molar-refractivity contribution >= 4 is 12.0 Å². The lowest BCUT2D eigenvalue weighted by Gasteiger charge is -2.31. The average Bonchev–Trinajstić information content (AvgIpc) is 2.48. The van der Waals surface area contributed by atoms with Crippen LogP contribution in [0.1, 0.15) is 31.2 Å². The molecule has 114 valence electrons. The predicted molar refractivity (Wildman–Crippen MR) is 83.0 cm³/mol. The van der Waals surface area contributed by atoms with Crippen molar-refractivity contribution in [2.75, 3.05) is 19.6 Å². The van der Waals surface area contributed by atoms with Gasteiger partial charge in [0.1, 0.15) is 5.82 Å². The van der Waals surface area contributed by atoms with E-state index in [1.807, 2.05) is 6.08 Å². The van der Waals surface area contributed by atoms with E-state index >= 15 is 0 Å². The fourth-order valence-electron chi connectivity index (χ4n) is 2.81. The molecule has 0 spiro atoms. The molecule has 1 aromatic rings. The molecule has 0 saturated carbocycles. The molecule has 0 aromatic heterocycles. The van der Waals surface area contributed by atoms with Crippen LogP contribution in [0.5, 0.6) is 0 Å². The highest BCUT2D eigenvalue weighted by Crippen LogP contribution is 2.20. The van der Waals surface area contributed by atoms with Crippen LogP contribution >= 0.6 is 0 Å². The first-order chi connectivity index (χ1) is 10.1. The third-order valence-electron chi connectivity index (χ3n) is 3.95. The van der Waals surface area contributed by atoms with Crippen molar-refractivity contribution < 1.29 is 9.18 Å². The maximum atomic E-state index is 12.8. The Morgan fingerprint density at radius 2 is 2.14 bits per heavy atom. The van der Waals surface area contributed by atoms with Gasteiger partial charge < -0.3 is 5.73 Å². The maximum Gasteiger partial charge on any atom is 0.217 e. The second kappa shape index (κ2) is 7.93. The largest absolute Gasteiger partial charge is 0.370 e. The van der Waals surface area contributed by atoms with Gasteiger partial charge in [-0.1, -0.05) is 24.3 Å². The van der Waals surface area contributed by atoms with Gasteiger partial charge in [-0.3, -0.25) is 9.69 Å². The number of likely N-dealkylation sites (tertiary alicyclic amines) is 1. The van der Waals surface area contributed by atoms with Crippen molar-refractivity contribution in [2.45, 2.75) is 25.7 Å². The quantitative estimate of drug-likeness (QED) is 0.875. The standard InChI is InChI=1S/C17H23FN2O/c18-16-8-5-14(6-9-16)3-1-11-20-12-2-4-15(13-20)7-10-17(19)21/h1,3,5-6,8-9,15H,2,4,7,10-13H2,(H2,19,21)/b3-1+/t15-/m0/s1. The zero-order valence-corrected chi connectivity index (χ0v) is 12.3. The van der Waals surface area contributed by atoms with Crippen LogP contribution in [0, 0.1) is 11.7 Å². The van der Waals surface area contributed by atoms with Crippen LogP contribution in [-0.2, 0) is 4.79 Å². The molecule has 1 amide bonds. The Kier molecular flexibility index (Phi) is 5.93. The van der Waals surface area contributed by atoms with Crippen molar-refractivity contribution in [2.24, 2.45) is 11.7 Å². The van der Waals surface area contributed by atoms with Crippen molar-refractivity contribution in [3.05, 3.63) is 41.7 Å². The van der Waals surface area contributed by atoms with Crippen LogP contribution in [0.2, 0.25) is 0 Å². The van der Waals surface area contributed by atoms with Crippen molar-refractivity contribution in [1.82, 2.24) is 4.90 Å². The highest BCUT2D eigenvalue weighted by Gasteiger charge is 2.19. The Morgan fingerprint density at radius 3 is 2.86 bits per heavy atom. The average molecular weight is 290 g/mol. The molecule has 1 heterocycles. The number of hydrogen-bond acceptors (Lipinski definition) is 2. The third-order valence-corrected chi connectivity index (χ3v) is 3.95. The molecular weight excluding hydrogens is 267 g/mol. The van der Waals surface area contributed by atoms with E-state index in [2.05, 4.69) is 11.0 Å². The van der Waals surface area contributed by atoms with Crippen molar-refractivity contribution in [1.29, 1.82) is 0 Å². The van der Waals surface area contributed by atoms with E-state index < -0.39 is 0 Å². The van der Waals surface area contributed by atoms with Crippen LogP contribution in [0.4, 0.5) is 4.39 Å². The summed E-state index contributed by atoms with van der Waals surface area (Å²) in [7, 11) is 0. The number of halogens is 1. The lowest BCUT2D eigenvalue weighted by Crippen LogP contribution is -2.35.